The van der Waals surface area contributed by atoms with E-state index in [1.807, 2.05) is 20.8 Å². The molecule has 0 aliphatic heterocycles. The molecule has 1 aromatic rings. The van der Waals surface area contributed by atoms with Crippen molar-refractivity contribution in [2.45, 2.75) is 33.2 Å². The van der Waals surface area contributed by atoms with Crippen LogP contribution in [0.1, 0.15) is 30.5 Å². The summed E-state index contributed by atoms with van der Waals surface area (Å²) in [6.07, 6.45) is 0. The largest absolute Gasteiger partial charge is 0.496 e. The molecule has 0 aliphatic rings. The predicted molar refractivity (Wildman–Crippen MR) is 59.7 cm³/mol. The number of hydrogen-bond donors (Lipinski definition) is 1. The van der Waals surface area contributed by atoms with E-state index in [0.29, 0.717) is 0 Å². The monoisotopic (exact) mass is 193 g/mol. The molecular weight excluding hydrogens is 174 g/mol. The summed E-state index contributed by atoms with van der Waals surface area (Å²) in [5, 5.41) is 0. The molecule has 1 aromatic carbocycles. The minimum atomic E-state index is -0.314. The lowest BCUT2D eigenvalue weighted by Gasteiger charge is -2.23. The van der Waals surface area contributed by atoms with Crippen LogP contribution in [0.2, 0.25) is 0 Å². The molecule has 0 aliphatic carbocycles. The molecule has 0 fully saturated rings. The summed E-state index contributed by atoms with van der Waals surface area (Å²) in [6, 6.07) is 4.13. The Hall–Kier alpha value is -1.02. The second-order valence-electron chi connectivity index (χ2n) is 4.31. The fourth-order valence-electron chi connectivity index (χ4n) is 1.84. The number of rotatable bonds is 2. The normalized spacial score (nSPS) is 11.6. The van der Waals surface area contributed by atoms with Gasteiger partial charge in [0.1, 0.15) is 5.75 Å². The smallest absolute Gasteiger partial charge is 0.125 e. The summed E-state index contributed by atoms with van der Waals surface area (Å²) in [5.41, 5.74) is 9.19. The van der Waals surface area contributed by atoms with E-state index in [2.05, 4.69) is 19.1 Å². The zero-order valence-electron chi connectivity index (χ0n) is 9.64. The summed E-state index contributed by atoms with van der Waals surface area (Å²) in [5.74, 6) is 0.945. The summed E-state index contributed by atoms with van der Waals surface area (Å²) in [7, 11) is 1.70. The van der Waals surface area contributed by atoms with E-state index in [1.54, 1.807) is 7.11 Å². The van der Waals surface area contributed by atoms with E-state index in [4.69, 9.17) is 10.5 Å². The van der Waals surface area contributed by atoms with Crippen LogP contribution in [0.15, 0.2) is 12.1 Å². The molecule has 0 heterocycles. The van der Waals surface area contributed by atoms with E-state index in [1.165, 1.54) is 0 Å². The number of ether oxygens (including phenoxy) is 1. The first-order chi connectivity index (χ1) is 6.38. The van der Waals surface area contributed by atoms with Crippen molar-refractivity contribution in [2.75, 3.05) is 7.11 Å². The molecule has 0 bridgehead atoms. The van der Waals surface area contributed by atoms with Crippen LogP contribution in [0, 0.1) is 13.8 Å². The molecule has 0 atom stereocenters. The molecular formula is C12H19NO. The molecule has 0 unspecified atom stereocenters. The maximum Gasteiger partial charge on any atom is 0.125 e. The SMILES string of the molecule is COc1c(C)ccc(C(C)(C)N)c1C. The molecule has 0 spiro atoms. The van der Waals surface area contributed by atoms with E-state index in [-0.39, 0.29) is 5.54 Å². The number of benzene rings is 1. The van der Waals surface area contributed by atoms with Crippen LogP contribution in [-0.2, 0) is 5.54 Å². The quantitative estimate of drug-likeness (QED) is 0.783. The van der Waals surface area contributed by atoms with Crippen LogP contribution in [-0.4, -0.2) is 7.11 Å². The lowest BCUT2D eigenvalue weighted by molar-refractivity contribution is 0.405. The minimum absolute atomic E-state index is 0.314. The van der Waals surface area contributed by atoms with E-state index in [9.17, 15) is 0 Å². The van der Waals surface area contributed by atoms with Crippen molar-refractivity contribution in [2.24, 2.45) is 5.73 Å². The van der Waals surface area contributed by atoms with Crippen LogP contribution in [0.4, 0.5) is 0 Å². The molecule has 14 heavy (non-hydrogen) atoms. The van der Waals surface area contributed by atoms with Gasteiger partial charge in [0.2, 0.25) is 0 Å². The summed E-state index contributed by atoms with van der Waals surface area (Å²) < 4.78 is 5.36. The third-order valence-corrected chi connectivity index (χ3v) is 2.50. The molecule has 0 amide bonds. The van der Waals surface area contributed by atoms with Gasteiger partial charge in [-0.05, 0) is 44.4 Å². The fourth-order valence-corrected chi connectivity index (χ4v) is 1.84. The summed E-state index contributed by atoms with van der Waals surface area (Å²) >= 11 is 0. The van der Waals surface area contributed by atoms with Gasteiger partial charge in [0.05, 0.1) is 7.11 Å². The molecule has 2 N–H and O–H groups in total. The molecule has 78 valence electrons. The molecule has 1 rings (SSSR count). The van der Waals surface area contributed by atoms with Crippen molar-refractivity contribution in [3.8, 4) is 5.75 Å². The third kappa shape index (κ3) is 1.90. The van der Waals surface area contributed by atoms with Gasteiger partial charge in [-0.1, -0.05) is 12.1 Å². The number of nitrogens with two attached hydrogens (primary N) is 1. The van der Waals surface area contributed by atoms with Crippen LogP contribution in [0.5, 0.6) is 5.75 Å². The van der Waals surface area contributed by atoms with Gasteiger partial charge < -0.3 is 10.5 Å². The van der Waals surface area contributed by atoms with E-state index < -0.39 is 0 Å². The second kappa shape index (κ2) is 3.62. The zero-order valence-corrected chi connectivity index (χ0v) is 9.64. The molecule has 0 aromatic heterocycles. The van der Waals surface area contributed by atoms with Crippen LogP contribution in [0.25, 0.3) is 0 Å². The maximum atomic E-state index is 6.08. The van der Waals surface area contributed by atoms with Gasteiger partial charge in [0.25, 0.3) is 0 Å². The summed E-state index contributed by atoms with van der Waals surface area (Å²) in [6.45, 7) is 8.10. The Morgan fingerprint density at radius 2 is 1.79 bits per heavy atom. The standard InChI is InChI=1S/C12H19NO/c1-8-6-7-10(12(3,4)13)9(2)11(8)14-5/h6-7H,13H2,1-5H3. The molecule has 0 radical (unpaired) electrons. The van der Waals surface area contributed by atoms with Crippen LogP contribution in [0.3, 0.4) is 0 Å². The molecule has 2 nitrogen and oxygen atoms in total. The van der Waals surface area contributed by atoms with Gasteiger partial charge in [-0.25, -0.2) is 0 Å². The minimum Gasteiger partial charge on any atom is -0.496 e. The van der Waals surface area contributed by atoms with Crippen molar-refractivity contribution in [1.82, 2.24) is 0 Å². The van der Waals surface area contributed by atoms with Gasteiger partial charge in [-0.2, -0.15) is 0 Å². The van der Waals surface area contributed by atoms with E-state index >= 15 is 0 Å². The first-order valence-electron chi connectivity index (χ1n) is 4.81. The highest BCUT2D eigenvalue weighted by Gasteiger charge is 2.19. The van der Waals surface area contributed by atoms with E-state index in [0.717, 1.165) is 22.4 Å². The van der Waals surface area contributed by atoms with Gasteiger partial charge in [-0.15, -0.1) is 0 Å². The van der Waals surface area contributed by atoms with Gasteiger partial charge in [0.15, 0.2) is 0 Å². The maximum absolute atomic E-state index is 6.08. The molecule has 0 saturated carbocycles. The fraction of sp³-hybridized carbons (Fsp3) is 0.500. The third-order valence-electron chi connectivity index (χ3n) is 2.50. The lowest BCUT2D eigenvalue weighted by atomic mass is 9.90. The van der Waals surface area contributed by atoms with Crippen molar-refractivity contribution in [3.63, 3.8) is 0 Å². The predicted octanol–water partition coefficient (Wildman–Crippen LogP) is 2.51. The van der Waals surface area contributed by atoms with Crippen molar-refractivity contribution < 1.29 is 4.74 Å². The lowest BCUT2D eigenvalue weighted by Crippen LogP contribution is -2.29. The Kier molecular flexibility index (Phi) is 2.86. The van der Waals surface area contributed by atoms with Gasteiger partial charge in [-0.3, -0.25) is 0 Å². The second-order valence-corrected chi connectivity index (χ2v) is 4.31. The molecule has 2 heteroatoms. The number of methoxy groups -OCH3 is 1. The van der Waals surface area contributed by atoms with Crippen molar-refractivity contribution >= 4 is 0 Å². The van der Waals surface area contributed by atoms with Gasteiger partial charge >= 0.3 is 0 Å². The Morgan fingerprint density at radius 1 is 1.21 bits per heavy atom. The Morgan fingerprint density at radius 3 is 2.21 bits per heavy atom. The van der Waals surface area contributed by atoms with Crippen LogP contribution >= 0.6 is 0 Å². The Balaban J connectivity index is 3.36. The Bertz CT molecular complexity index is 337. The zero-order chi connectivity index (χ0) is 10.9. The first kappa shape index (κ1) is 11.1. The van der Waals surface area contributed by atoms with Crippen LogP contribution < -0.4 is 10.5 Å². The summed E-state index contributed by atoms with van der Waals surface area (Å²) in [4.78, 5) is 0. The van der Waals surface area contributed by atoms with Gasteiger partial charge in [0, 0.05) is 5.54 Å². The topological polar surface area (TPSA) is 35.2 Å². The highest BCUT2D eigenvalue weighted by molar-refractivity contribution is 5.47. The highest BCUT2D eigenvalue weighted by atomic mass is 16.5. The molecule has 0 saturated heterocycles. The number of aryl methyl sites for hydroxylation is 1. The van der Waals surface area contributed by atoms with Crippen molar-refractivity contribution in [1.29, 1.82) is 0 Å². The average Bonchev–Trinajstić information content (AvgIpc) is 2.02. The average molecular weight is 193 g/mol. The van der Waals surface area contributed by atoms with Crippen molar-refractivity contribution in [3.05, 3.63) is 28.8 Å². The number of hydrogen-bond acceptors (Lipinski definition) is 2. The Labute approximate surface area is 86.1 Å². The first-order valence-corrected chi connectivity index (χ1v) is 4.81. The highest BCUT2D eigenvalue weighted by Crippen LogP contribution is 2.30.